The van der Waals surface area contributed by atoms with Gasteiger partial charge in [-0.05, 0) is 69.4 Å². The van der Waals surface area contributed by atoms with E-state index < -0.39 is 0 Å². The Hall–Kier alpha value is -4.82. The number of benzene rings is 6. The highest BCUT2D eigenvalue weighted by Crippen LogP contribution is 2.37. The van der Waals surface area contributed by atoms with Crippen LogP contribution in [0.2, 0.25) is 0 Å². The summed E-state index contributed by atoms with van der Waals surface area (Å²) in [5, 5.41) is 8.34. The first-order chi connectivity index (χ1) is 17.8. The van der Waals surface area contributed by atoms with E-state index in [-0.39, 0.29) is 0 Å². The molecule has 6 aromatic carbocycles. The van der Waals surface area contributed by atoms with Gasteiger partial charge in [-0.1, -0.05) is 97.1 Å². The number of para-hydroxylation sites is 1. The molecule has 1 N–H and O–H groups in total. The highest BCUT2D eigenvalue weighted by Gasteiger charge is 2.12. The molecule has 1 aromatic heterocycles. The Labute approximate surface area is 209 Å². The lowest BCUT2D eigenvalue weighted by molar-refractivity contribution is 0.670. The molecule has 36 heavy (non-hydrogen) atoms. The van der Waals surface area contributed by atoms with Crippen LogP contribution in [0.5, 0.6) is 0 Å². The van der Waals surface area contributed by atoms with Crippen LogP contribution in [0.15, 0.2) is 138 Å². The molecule has 0 unspecified atom stereocenters. The Bertz CT molecular complexity index is 1860. The van der Waals surface area contributed by atoms with Crippen LogP contribution in [-0.4, -0.2) is 0 Å². The molecule has 0 aliphatic rings. The molecular formula is C34H23NO. The van der Waals surface area contributed by atoms with E-state index in [1.165, 1.54) is 33.0 Å². The number of anilines is 2. The molecule has 7 aromatic rings. The molecule has 2 heteroatoms. The summed E-state index contributed by atoms with van der Waals surface area (Å²) >= 11 is 0. The maximum atomic E-state index is 6.35. The molecule has 0 fully saturated rings. The van der Waals surface area contributed by atoms with Gasteiger partial charge in [-0.15, -0.1) is 0 Å². The van der Waals surface area contributed by atoms with E-state index in [1.807, 2.05) is 6.07 Å². The summed E-state index contributed by atoms with van der Waals surface area (Å²) in [7, 11) is 0. The van der Waals surface area contributed by atoms with Crippen molar-refractivity contribution in [3.8, 4) is 22.3 Å². The Morgan fingerprint density at radius 1 is 0.444 bits per heavy atom. The van der Waals surface area contributed by atoms with Crippen molar-refractivity contribution in [3.05, 3.63) is 133 Å². The molecule has 1 heterocycles. The third-order valence-corrected chi connectivity index (χ3v) is 6.83. The molecule has 0 atom stereocenters. The van der Waals surface area contributed by atoms with E-state index in [0.717, 1.165) is 33.3 Å². The lowest BCUT2D eigenvalue weighted by Gasteiger charge is -2.10. The highest BCUT2D eigenvalue weighted by molar-refractivity contribution is 6.10. The predicted octanol–water partition coefficient (Wildman–Crippen LogP) is 9.82. The first-order valence-corrected chi connectivity index (χ1v) is 12.2. The normalized spacial score (nSPS) is 11.3. The Balaban J connectivity index is 1.27. The maximum Gasteiger partial charge on any atom is 0.158 e. The van der Waals surface area contributed by atoms with Crippen LogP contribution in [0.1, 0.15) is 0 Å². The molecule has 0 amide bonds. The van der Waals surface area contributed by atoms with Crippen molar-refractivity contribution >= 4 is 44.1 Å². The lowest BCUT2D eigenvalue weighted by Crippen LogP contribution is -1.91. The minimum Gasteiger partial charge on any atom is -0.454 e. The second kappa shape index (κ2) is 8.44. The highest BCUT2D eigenvalue weighted by atomic mass is 16.3. The van der Waals surface area contributed by atoms with Crippen LogP contribution < -0.4 is 5.32 Å². The fraction of sp³-hybridized carbons (Fsp3) is 0. The van der Waals surface area contributed by atoms with Crippen molar-refractivity contribution in [2.24, 2.45) is 0 Å². The topological polar surface area (TPSA) is 25.2 Å². The van der Waals surface area contributed by atoms with Gasteiger partial charge in [-0.25, -0.2) is 0 Å². The van der Waals surface area contributed by atoms with Crippen molar-refractivity contribution in [1.29, 1.82) is 0 Å². The fourth-order valence-corrected chi connectivity index (χ4v) is 5.01. The summed E-state index contributed by atoms with van der Waals surface area (Å²) in [6.07, 6.45) is 0. The zero-order valence-corrected chi connectivity index (χ0v) is 19.6. The third kappa shape index (κ3) is 3.60. The summed E-state index contributed by atoms with van der Waals surface area (Å²) in [5.41, 5.74) is 8.51. The maximum absolute atomic E-state index is 6.35. The molecule has 0 spiro atoms. The van der Waals surface area contributed by atoms with E-state index in [1.54, 1.807) is 0 Å². The van der Waals surface area contributed by atoms with E-state index in [9.17, 15) is 0 Å². The molecule has 0 saturated carbocycles. The van der Waals surface area contributed by atoms with Crippen molar-refractivity contribution in [1.82, 2.24) is 0 Å². The van der Waals surface area contributed by atoms with Crippen molar-refractivity contribution in [3.63, 3.8) is 0 Å². The number of fused-ring (bicyclic) bond motifs is 4. The zero-order valence-electron chi connectivity index (χ0n) is 19.6. The number of hydrogen-bond donors (Lipinski definition) is 1. The SMILES string of the molecule is c1ccc(-c2ccc3oc4c(Nc5cccc(-c6ccc7ccccc7c6)c5)cccc4c3c2)cc1. The monoisotopic (exact) mass is 461 g/mol. The Morgan fingerprint density at radius 3 is 2.08 bits per heavy atom. The van der Waals surface area contributed by atoms with Gasteiger partial charge in [0, 0.05) is 16.5 Å². The average molecular weight is 462 g/mol. The van der Waals surface area contributed by atoms with Crippen molar-refractivity contribution in [2.45, 2.75) is 0 Å². The quantitative estimate of drug-likeness (QED) is 0.282. The summed E-state index contributed by atoms with van der Waals surface area (Å²) < 4.78 is 6.35. The second-order valence-corrected chi connectivity index (χ2v) is 9.13. The van der Waals surface area contributed by atoms with Crippen LogP contribution in [0.25, 0.3) is 55.0 Å². The van der Waals surface area contributed by atoms with Crippen molar-refractivity contribution < 1.29 is 4.42 Å². The van der Waals surface area contributed by atoms with Crippen LogP contribution in [0, 0.1) is 0 Å². The van der Waals surface area contributed by atoms with Gasteiger partial charge in [0.05, 0.1) is 5.69 Å². The minimum absolute atomic E-state index is 0.869. The first-order valence-electron chi connectivity index (χ1n) is 12.2. The standard InChI is InChI=1S/C34H23NO/c1-2-8-23(9-3-1)28-18-19-33-31(22-28)30-14-7-15-32(34(30)36-33)35-29-13-6-12-26(21-29)27-17-16-24-10-4-5-11-25(24)20-27/h1-22,35H. The van der Waals surface area contributed by atoms with E-state index in [2.05, 4.69) is 133 Å². The van der Waals surface area contributed by atoms with E-state index in [0.29, 0.717) is 0 Å². The molecule has 0 radical (unpaired) electrons. The molecule has 7 rings (SSSR count). The van der Waals surface area contributed by atoms with E-state index >= 15 is 0 Å². The van der Waals surface area contributed by atoms with Gasteiger partial charge in [-0.3, -0.25) is 0 Å². The van der Waals surface area contributed by atoms with Gasteiger partial charge in [0.1, 0.15) is 5.58 Å². The largest absolute Gasteiger partial charge is 0.454 e. The van der Waals surface area contributed by atoms with Gasteiger partial charge in [0.2, 0.25) is 0 Å². The molecule has 170 valence electrons. The van der Waals surface area contributed by atoms with Gasteiger partial charge in [0.25, 0.3) is 0 Å². The number of furan rings is 1. The van der Waals surface area contributed by atoms with Gasteiger partial charge >= 0.3 is 0 Å². The zero-order chi connectivity index (χ0) is 23.9. The van der Waals surface area contributed by atoms with Gasteiger partial charge in [0.15, 0.2) is 5.58 Å². The molecule has 0 bridgehead atoms. The Kier molecular flexibility index (Phi) is 4.82. The predicted molar refractivity (Wildman–Crippen MR) is 152 cm³/mol. The van der Waals surface area contributed by atoms with Crippen molar-refractivity contribution in [2.75, 3.05) is 5.32 Å². The lowest BCUT2D eigenvalue weighted by atomic mass is 10.0. The molecule has 2 nitrogen and oxygen atoms in total. The second-order valence-electron chi connectivity index (χ2n) is 9.13. The molecule has 0 aliphatic carbocycles. The van der Waals surface area contributed by atoms with E-state index in [4.69, 9.17) is 4.42 Å². The number of nitrogens with one attached hydrogen (secondary N) is 1. The summed E-state index contributed by atoms with van der Waals surface area (Å²) in [6, 6.07) is 46.8. The minimum atomic E-state index is 0.869. The smallest absolute Gasteiger partial charge is 0.158 e. The fourth-order valence-electron chi connectivity index (χ4n) is 5.01. The van der Waals surface area contributed by atoms with Crippen LogP contribution in [0.3, 0.4) is 0 Å². The molecule has 0 saturated heterocycles. The third-order valence-electron chi connectivity index (χ3n) is 6.83. The van der Waals surface area contributed by atoms with Crippen LogP contribution >= 0.6 is 0 Å². The molecule has 0 aliphatic heterocycles. The first kappa shape index (κ1) is 20.5. The summed E-state index contributed by atoms with van der Waals surface area (Å²) in [6.45, 7) is 0. The van der Waals surface area contributed by atoms with Crippen LogP contribution in [0.4, 0.5) is 11.4 Å². The molecular weight excluding hydrogens is 438 g/mol. The summed E-state index contributed by atoms with van der Waals surface area (Å²) in [4.78, 5) is 0. The Morgan fingerprint density at radius 2 is 1.17 bits per heavy atom. The average Bonchev–Trinajstić information content (AvgIpc) is 3.32. The van der Waals surface area contributed by atoms with Gasteiger partial charge < -0.3 is 9.73 Å². The number of hydrogen-bond acceptors (Lipinski definition) is 2. The van der Waals surface area contributed by atoms with Gasteiger partial charge in [-0.2, -0.15) is 0 Å². The van der Waals surface area contributed by atoms with Crippen LogP contribution in [-0.2, 0) is 0 Å². The summed E-state index contributed by atoms with van der Waals surface area (Å²) in [5.74, 6) is 0. The number of rotatable bonds is 4.